The van der Waals surface area contributed by atoms with E-state index in [4.69, 9.17) is 0 Å². The second-order valence-electron chi connectivity index (χ2n) is 4.89. The van der Waals surface area contributed by atoms with Crippen LogP contribution in [0.15, 0.2) is 0 Å². The summed E-state index contributed by atoms with van der Waals surface area (Å²) in [4.78, 5) is 2.55. The molecule has 0 aromatic rings. The lowest BCUT2D eigenvalue weighted by Gasteiger charge is -2.36. The molecule has 88 valence electrons. The summed E-state index contributed by atoms with van der Waals surface area (Å²) < 4.78 is 0. The molecule has 0 amide bonds. The maximum Gasteiger partial charge on any atom is 0.0239 e. The van der Waals surface area contributed by atoms with Crippen LogP contribution in [-0.4, -0.2) is 48.7 Å². The average molecular weight is 211 g/mol. The smallest absolute Gasteiger partial charge is 0.0239 e. The number of piperidine rings is 2. The Morgan fingerprint density at radius 2 is 1.67 bits per heavy atom. The zero-order chi connectivity index (χ0) is 10.5. The first kappa shape index (κ1) is 11.4. The predicted molar refractivity (Wildman–Crippen MR) is 63.7 cm³/mol. The van der Waals surface area contributed by atoms with Crippen molar-refractivity contribution in [3.05, 3.63) is 0 Å². The van der Waals surface area contributed by atoms with Gasteiger partial charge in [-0.1, -0.05) is 13.3 Å². The molecule has 0 bridgehead atoms. The Hall–Kier alpha value is -0.120. The second-order valence-corrected chi connectivity index (χ2v) is 4.89. The van der Waals surface area contributed by atoms with E-state index >= 15 is 0 Å². The molecule has 0 aromatic carbocycles. The lowest BCUT2D eigenvalue weighted by molar-refractivity contribution is 0.0952. The van der Waals surface area contributed by atoms with Gasteiger partial charge in [0.1, 0.15) is 0 Å². The van der Waals surface area contributed by atoms with Crippen LogP contribution in [-0.2, 0) is 0 Å². The molecule has 2 aliphatic rings. The van der Waals surface area contributed by atoms with Gasteiger partial charge in [-0.15, -0.1) is 0 Å². The molecule has 3 heteroatoms. The van der Waals surface area contributed by atoms with E-state index in [1.807, 2.05) is 0 Å². The fourth-order valence-electron chi connectivity index (χ4n) is 2.66. The largest absolute Gasteiger partial charge is 0.303 e. The fraction of sp³-hybridized carbons (Fsp3) is 1.00. The highest BCUT2D eigenvalue weighted by molar-refractivity contribution is 4.76. The highest BCUT2D eigenvalue weighted by Gasteiger charge is 2.20. The molecule has 2 aliphatic heterocycles. The maximum atomic E-state index is 3.71. The van der Waals surface area contributed by atoms with Gasteiger partial charge in [0.15, 0.2) is 0 Å². The number of likely N-dealkylation sites (tertiary alicyclic amines) is 1. The summed E-state index contributed by atoms with van der Waals surface area (Å²) in [5.74, 6) is 0. The summed E-state index contributed by atoms with van der Waals surface area (Å²) in [6.07, 6.45) is 6.82. The Labute approximate surface area is 93.8 Å². The molecule has 0 saturated carbocycles. The number of hydrazine groups is 1. The minimum absolute atomic E-state index is 0.742. The summed E-state index contributed by atoms with van der Waals surface area (Å²) in [7, 11) is 0. The average Bonchev–Trinajstić information content (AvgIpc) is 2.31. The van der Waals surface area contributed by atoms with Crippen LogP contribution in [0.3, 0.4) is 0 Å². The standard InChI is InChI=1S/C12H25N3/c1-2-14-10-6-12(7-11-14)13-15-8-4-3-5-9-15/h12-13H,2-11H2,1H3. The second kappa shape index (κ2) is 5.83. The Morgan fingerprint density at radius 3 is 2.27 bits per heavy atom. The van der Waals surface area contributed by atoms with Gasteiger partial charge < -0.3 is 4.90 Å². The van der Waals surface area contributed by atoms with Crippen LogP contribution < -0.4 is 5.43 Å². The fourth-order valence-corrected chi connectivity index (χ4v) is 2.66. The highest BCUT2D eigenvalue weighted by Crippen LogP contribution is 2.12. The van der Waals surface area contributed by atoms with Crippen LogP contribution in [0.5, 0.6) is 0 Å². The molecule has 3 nitrogen and oxygen atoms in total. The summed E-state index contributed by atoms with van der Waals surface area (Å²) >= 11 is 0. The molecule has 2 fully saturated rings. The predicted octanol–water partition coefficient (Wildman–Crippen LogP) is 1.46. The molecule has 0 spiro atoms. The Bertz CT molecular complexity index is 170. The van der Waals surface area contributed by atoms with Gasteiger partial charge in [0.25, 0.3) is 0 Å². The van der Waals surface area contributed by atoms with E-state index in [9.17, 15) is 0 Å². The van der Waals surface area contributed by atoms with Crippen molar-refractivity contribution in [2.24, 2.45) is 0 Å². The molecular weight excluding hydrogens is 186 g/mol. The first-order valence-corrected chi connectivity index (χ1v) is 6.62. The van der Waals surface area contributed by atoms with Crippen LogP contribution in [0.4, 0.5) is 0 Å². The van der Waals surface area contributed by atoms with E-state index in [0.717, 1.165) is 6.04 Å². The van der Waals surface area contributed by atoms with E-state index in [-0.39, 0.29) is 0 Å². The van der Waals surface area contributed by atoms with Gasteiger partial charge in [-0.25, -0.2) is 5.01 Å². The van der Waals surface area contributed by atoms with Gasteiger partial charge in [-0.05, 0) is 45.3 Å². The third-order valence-electron chi connectivity index (χ3n) is 3.76. The summed E-state index contributed by atoms with van der Waals surface area (Å²) in [5.41, 5.74) is 3.71. The molecule has 2 saturated heterocycles. The van der Waals surface area contributed by atoms with E-state index in [0.29, 0.717) is 0 Å². The highest BCUT2D eigenvalue weighted by atomic mass is 15.5. The van der Waals surface area contributed by atoms with E-state index in [2.05, 4.69) is 22.3 Å². The lowest BCUT2D eigenvalue weighted by atomic mass is 10.1. The molecular formula is C12H25N3. The normalized spacial score (nSPS) is 27.0. The third-order valence-corrected chi connectivity index (χ3v) is 3.76. The van der Waals surface area contributed by atoms with Crippen molar-refractivity contribution in [1.29, 1.82) is 0 Å². The number of nitrogens with zero attached hydrogens (tertiary/aromatic N) is 2. The quantitative estimate of drug-likeness (QED) is 0.762. The number of hydrogen-bond donors (Lipinski definition) is 1. The minimum atomic E-state index is 0.742. The first-order chi connectivity index (χ1) is 7.38. The van der Waals surface area contributed by atoms with Gasteiger partial charge in [0.2, 0.25) is 0 Å². The van der Waals surface area contributed by atoms with Gasteiger partial charge in [0.05, 0.1) is 0 Å². The van der Waals surface area contributed by atoms with Crippen molar-refractivity contribution < 1.29 is 0 Å². The molecule has 0 radical (unpaired) electrons. The lowest BCUT2D eigenvalue weighted by Crippen LogP contribution is -2.51. The Kier molecular flexibility index (Phi) is 4.42. The maximum absolute atomic E-state index is 3.71. The molecule has 0 unspecified atom stereocenters. The van der Waals surface area contributed by atoms with Crippen LogP contribution in [0.1, 0.15) is 39.0 Å². The zero-order valence-corrected chi connectivity index (χ0v) is 10.0. The van der Waals surface area contributed by atoms with E-state index in [1.165, 1.54) is 64.8 Å². The molecule has 2 rings (SSSR count). The van der Waals surface area contributed by atoms with Crippen molar-refractivity contribution in [2.75, 3.05) is 32.7 Å². The topological polar surface area (TPSA) is 18.5 Å². The van der Waals surface area contributed by atoms with Crippen LogP contribution in [0.2, 0.25) is 0 Å². The van der Waals surface area contributed by atoms with Crippen molar-refractivity contribution in [3.8, 4) is 0 Å². The summed E-state index contributed by atoms with van der Waals surface area (Å²) in [5, 5.41) is 2.45. The van der Waals surface area contributed by atoms with Crippen molar-refractivity contribution in [1.82, 2.24) is 15.3 Å². The Morgan fingerprint density at radius 1 is 1.00 bits per heavy atom. The first-order valence-electron chi connectivity index (χ1n) is 6.62. The molecule has 1 N–H and O–H groups in total. The van der Waals surface area contributed by atoms with Crippen LogP contribution >= 0.6 is 0 Å². The molecule has 0 aliphatic carbocycles. The van der Waals surface area contributed by atoms with E-state index in [1.54, 1.807) is 0 Å². The molecule has 0 aromatic heterocycles. The molecule has 15 heavy (non-hydrogen) atoms. The summed E-state index contributed by atoms with van der Waals surface area (Å²) in [6.45, 7) is 8.56. The zero-order valence-electron chi connectivity index (χ0n) is 10.0. The number of hydrogen-bond acceptors (Lipinski definition) is 3. The van der Waals surface area contributed by atoms with Crippen molar-refractivity contribution in [2.45, 2.75) is 45.1 Å². The monoisotopic (exact) mass is 211 g/mol. The molecule has 2 heterocycles. The number of rotatable bonds is 3. The van der Waals surface area contributed by atoms with Crippen LogP contribution in [0.25, 0.3) is 0 Å². The van der Waals surface area contributed by atoms with Crippen LogP contribution in [0, 0.1) is 0 Å². The van der Waals surface area contributed by atoms with Gasteiger partial charge in [-0.3, -0.25) is 5.43 Å². The van der Waals surface area contributed by atoms with E-state index < -0.39 is 0 Å². The third kappa shape index (κ3) is 3.44. The van der Waals surface area contributed by atoms with Gasteiger partial charge in [-0.2, -0.15) is 0 Å². The Balaban J connectivity index is 1.67. The van der Waals surface area contributed by atoms with Crippen molar-refractivity contribution in [3.63, 3.8) is 0 Å². The van der Waals surface area contributed by atoms with Crippen molar-refractivity contribution >= 4 is 0 Å². The molecule has 0 atom stereocenters. The minimum Gasteiger partial charge on any atom is -0.303 e. The van der Waals surface area contributed by atoms with Gasteiger partial charge in [0, 0.05) is 19.1 Å². The van der Waals surface area contributed by atoms with Gasteiger partial charge >= 0.3 is 0 Å². The summed E-state index contributed by atoms with van der Waals surface area (Å²) in [6, 6.07) is 0.742. The SMILES string of the molecule is CCN1CCC(NN2CCCCC2)CC1. The number of nitrogens with one attached hydrogen (secondary N) is 1.